The first kappa shape index (κ1) is 15.6. The molecule has 1 aliphatic carbocycles. The number of hydrogen-bond acceptors (Lipinski definition) is 3. The van der Waals surface area contributed by atoms with E-state index in [2.05, 4.69) is 5.32 Å². The van der Waals surface area contributed by atoms with Crippen LogP contribution in [-0.4, -0.2) is 23.0 Å². The van der Waals surface area contributed by atoms with Crippen LogP contribution in [0.3, 0.4) is 0 Å². The second-order valence-corrected chi connectivity index (χ2v) is 5.83. The fraction of sp³-hybridized carbons (Fsp3) is 0.467. The average molecular weight is 311 g/mol. The Morgan fingerprint density at radius 1 is 1.29 bits per heavy atom. The van der Waals surface area contributed by atoms with E-state index in [-0.39, 0.29) is 5.92 Å². The minimum atomic E-state index is -0.989. The lowest BCUT2D eigenvalue weighted by atomic mass is 9.84. The quantitative estimate of drug-likeness (QED) is 0.745. The van der Waals surface area contributed by atoms with E-state index in [1.54, 1.807) is 0 Å². The van der Waals surface area contributed by atoms with Gasteiger partial charge in [-0.15, -0.1) is 0 Å². The number of carbonyl (C=O) groups excluding carboxylic acids is 1. The standard InChI is InChI=1S/C15H19ClN2O3/c16-11-7-6-10(8-12(11)17)14(19)18-13(15(20)21)9-4-2-1-3-5-9/h6-9,13H,1-5,17H2,(H,18,19)(H,20,21). The number of benzene rings is 1. The molecule has 6 heteroatoms. The molecule has 1 aromatic rings. The van der Waals surface area contributed by atoms with Crippen molar-refractivity contribution in [2.75, 3.05) is 5.73 Å². The van der Waals surface area contributed by atoms with E-state index in [0.717, 1.165) is 32.1 Å². The van der Waals surface area contributed by atoms with E-state index in [0.29, 0.717) is 16.3 Å². The van der Waals surface area contributed by atoms with Gasteiger partial charge in [0.1, 0.15) is 6.04 Å². The Balaban J connectivity index is 2.10. The van der Waals surface area contributed by atoms with Gasteiger partial charge < -0.3 is 16.2 Å². The Morgan fingerprint density at radius 3 is 2.52 bits per heavy atom. The highest BCUT2D eigenvalue weighted by Gasteiger charge is 2.30. The topological polar surface area (TPSA) is 92.4 Å². The zero-order valence-electron chi connectivity index (χ0n) is 11.6. The number of carboxylic acid groups (broad SMARTS) is 1. The second kappa shape index (κ2) is 6.80. The molecule has 4 N–H and O–H groups in total. The molecular weight excluding hydrogens is 292 g/mol. The lowest BCUT2D eigenvalue weighted by molar-refractivity contribution is -0.141. The highest BCUT2D eigenvalue weighted by atomic mass is 35.5. The van der Waals surface area contributed by atoms with Gasteiger partial charge in [0.05, 0.1) is 10.7 Å². The molecule has 1 unspecified atom stereocenters. The van der Waals surface area contributed by atoms with Gasteiger partial charge >= 0.3 is 5.97 Å². The van der Waals surface area contributed by atoms with Crippen molar-refractivity contribution < 1.29 is 14.7 Å². The number of aliphatic carboxylic acids is 1. The number of nitrogens with one attached hydrogen (secondary N) is 1. The first-order chi connectivity index (χ1) is 9.99. The summed E-state index contributed by atoms with van der Waals surface area (Å²) in [6.45, 7) is 0. The van der Waals surface area contributed by atoms with Crippen LogP contribution in [0, 0.1) is 5.92 Å². The fourth-order valence-corrected chi connectivity index (χ4v) is 2.88. The van der Waals surface area contributed by atoms with Crippen LogP contribution in [0.1, 0.15) is 42.5 Å². The van der Waals surface area contributed by atoms with Gasteiger partial charge in [0.25, 0.3) is 5.91 Å². The number of nitrogen functional groups attached to an aromatic ring is 1. The SMILES string of the molecule is Nc1cc(C(=O)NC(C(=O)O)C2CCCCC2)ccc1Cl. The second-order valence-electron chi connectivity index (χ2n) is 5.42. The van der Waals surface area contributed by atoms with Crippen LogP contribution in [-0.2, 0) is 4.79 Å². The molecule has 0 aliphatic heterocycles. The lowest BCUT2D eigenvalue weighted by Crippen LogP contribution is -2.46. The first-order valence-electron chi connectivity index (χ1n) is 7.07. The molecule has 1 fully saturated rings. The van der Waals surface area contributed by atoms with Crippen molar-refractivity contribution in [1.82, 2.24) is 5.32 Å². The number of nitrogens with two attached hydrogens (primary N) is 1. The molecule has 1 atom stereocenters. The zero-order chi connectivity index (χ0) is 15.4. The van der Waals surface area contributed by atoms with Crippen LogP contribution < -0.4 is 11.1 Å². The first-order valence-corrected chi connectivity index (χ1v) is 7.45. The summed E-state index contributed by atoms with van der Waals surface area (Å²) < 4.78 is 0. The summed E-state index contributed by atoms with van der Waals surface area (Å²) in [5, 5.41) is 12.3. The molecule has 5 nitrogen and oxygen atoms in total. The predicted octanol–water partition coefficient (Wildman–Crippen LogP) is 2.69. The van der Waals surface area contributed by atoms with Gasteiger partial charge in [0.15, 0.2) is 0 Å². The highest BCUT2D eigenvalue weighted by molar-refractivity contribution is 6.33. The van der Waals surface area contributed by atoms with Crippen LogP contribution >= 0.6 is 11.6 Å². The monoisotopic (exact) mass is 310 g/mol. The molecule has 0 aromatic heterocycles. The van der Waals surface area contributed by atoms with Crippen molar-refractivity contribution in [2.24, 2.45) is 5.92 Å². The Kier molecular flexibility index (Phi) is 5.07. The molecule has 1 saturated carbocycles. The van der Waals surface area contributed by atoms with E-state index in [1.165, 1.54) is 18.2 Å². The lowest BCUT2D eigenvalue weighted by Gasteiger charge is -2.28. The summed E-state index contributed by atoms with van der Waals surface area (Å²) in [6.07, 6.45) is 4.82. The zero-order valence-corrected chi connectivity index (χ0v) is 12.4. The van der Waals surface area contributed by atoms with Gasteiger partial charge in [-0.3, -0.25) is 4.79 Å². The van der Waals surface area contributed by atoms with Crippen molar-refractivity contribution in [3.8, 4) is 0 Å². The van der Waals surface area contributed by atoms with Gasteiger partial charge in [0.2, 0.25) is 0 Å². The molecule has 1 aromatic carbocycles. The third-order valence-corrected chi connectivity index (χ3v) is 4.28. The van der Waals surface area contributed by atoms with Crippen molar-refractivity contribution in [1.29, 1.82) is 0 Å². The molecule has 0 radical (unpaired) electrons. The highest BCUT2D eigenvalue weighted by Crippen LogP contribution is 2.27. The molecule has 2 rings (SSSR count). The summed E-state index contributed by atoms with van der Waals surface area (Å²) in [5.74, 6) is -1.43. The summed E-state index contributed by atoms with van der Waals surface area (Å²) in [6, 6.07) is 3.67. The molecule has 0 bridgehead atoms. The van der Waals surface area contributed by atoms with Crippen molar-refractivity contribution in [3.05, 3.63) is 28.8 Å². The third kappa shape index (κ3) is 3.88. The van der Waals surface area contributed by atoms with E-state index in [9.17, 15) is 14.7 Å². The summed E-state index contributed by atoms with van der Waals surface area (Å²) in [4.78, 5) is 23.6. The van der Waals surface area contributed by atoms with Gasteiger partial charge in [0, 0.05) is 5.56 Å². The van der Waals surface area contributed by atoms with Crippen molar-refractivity contribution in [2.45, 2.75) is 38.1 Å². The number of halogens is 1. The maximum Gasteiger partial charge on any atom is 0.326 e. The van der Waals surface area contributed by atoms with Crippen LogP contribution in [0.2, 0.25) is 5.02 Å². The van der Waals surface area contributed by atoms with Gasteiger partial charge in [-0.1, -0.05) is 30.9 Å². The molecule has 0 heterocycles. The number of carboxylic acids is 1. The van der Waals surface area contributed by atoms with Gasteiger partial charge in [-0.05, 0) is 37.0 Å². The molecule has 21 heavy (non-hydrogen) atoms. The van der Waals surface area contributed by atoms with E-state index >= 15 is 0 Å². The Hall–Kier alpha value is -1.75. The minimum Gasteiger partial charge on any atom is -0.480 e. The maximum absolute atomic E-state index is 12.2. The largest absolute Gasteiger partial charge is 0.480 e. The summed E-state index contributed by atoms with van der Waals surface area (Å²) in [5.41, 5.74) is 6.28. The van der Waals surface area contributed by atoms with Crippen LogP contribution in [0.15, 0.2) is 18.2 Å². The van der Waals surface area contributed by atoms with Crippen LogP contribution in [0.5, 0.6) is 0 Å². The van der Waals surface area contributed by atoms with Crippen molar-refractivity contribution in [3.63, 3.8) is 0 Å². The summed E-state index contributed by atoms with van der Waals surface area (Å²) >= 11 is 5.81. The van der Waals surface area contributed by atoms with E-state index in [1.807, 2.05) is 0 Å². The van der Waals surface area contributed by atoms with Crippen LogP contribution in [0.4, 0.5) is 5.69 Å². The number of amides is 1. The Morgan fingerprint density at radius 2 is 1.95 bits per heavy atom. The predicted molar refractivity (Wildman–Crippen MR) is 81.3 cm³/mol. The average Bonchev–Trinajstić information content (AvgIpc) is 2.48. The molecule has 0 saturated heterocycles. The Labute approximate surface area is 128 Å². The molecular formula is C15H19ClN2O3. The number of hydrogen-bond donors (Lipinski definition) is 3. The molecule has 1 aliphatic rings. The van der Waals surface area contributed by atoms with Gasteiger partial charge in [-0.25, -0.2) is 4.79 Å². The number of anilines is 1. The fourth-order valence-electron chi connectivity index (χ4n) is 2.76. The van der Waals surface area contributed by atoms with Crippen molar-refractivity contribution >= 4 is 29.2 Å². The minimum absolute atomic E-state index is 0.00940. The number of carbonyl (C=O) groups is 2. The van der Waals surface area contributed by atoms with Crippen LogP contribution in [0.25, 0.3) is 0 Å². The normalized spacial score (nSPS) is 17.2. The number of rotatable bonds is 4. The van der Waals surface area contributed by atoms with Gasteiger partial charge in [-0.2, -0.15) is 0 Å². The maximum atomic E-state index is 12.2. The molecule has 0 spiro atoms. The van der Waals surface area contributed by atoms with E-state index < -0.39 is 17.9 Å². The summed E-state index contributed by atoms with van der Waals surface area (Å²) in [7, 11) is 0. The van der Waals surface area contributed by atoms with E-state index in [4.69, 9.17) is 17.3 Å². The third-order valence-electron chi connectivity index (χ3n) is 3.93. The Bertz CT molecular complexity index is 542. The molecule has 1 amide bonds. The molecule has 114 valence electrons. The smallest absolute Gasteiger partial charge is 0.326 e.